The van der Waals surface area contributed by atoms with Gasteiger partial charge in [0.2, 0.25) is 11.0 Å². The number of anilines is 2. The van der Waals surface area contributed by atoms with E-state index in [1.54, 1.807) is 12.1 Å². The fraction of sp³-hybridized carbons (Fsp3) is 0.176. The van der Waals surface area contributed by atoms with E-state index in [0.717, 1.165) is 35.2 Å². The lowest BCUT2D eigenvalue weighted by atomic mass is 10.3. The van der Waals surface area contributed by atoms with Crippen molar-refractivity contribution < 1.29 is 31.9 Å². The number of nitrogens with zero attached hydrogens (tertiary/aromatic N) is 2. The van der Waals surface area contributed by atoms with Crippen LogP contribution in [-0.2, 0) is 11.3 Å². The summed E-state index contributed by atoms with van der Waals surface area (Å²) in [6.45, 7) is 0.147. The van der Waals surface area contributed by atoms with Crippen molar-refractivity contribution in [2.45, 2.75) is 17.2 Å². The molecule has 0 aliphatic carbocycles. The molecular formula is C17H14F3N5O4S2. The number of carbonyl (C=O) groups excluding carboxylic acids is 2. The number of urea groups is 1. The largest absolute Gasteiger partial charge is 0.573 e. The van der Waals surface area contributed by atoms with Crippen LogP contribution in [-0.4, -0.2) is 34.3 Å². The Morgan fingerprint density at radius 1 is 1.16 bits per heavy atom. The standard InChI is InChI=1S/C17H14F3N5O4S2/c18-17(19,20)29-11-5-3-10(4-6-11)22-15-24-25-16(31-15)30-9-13(26)23-14(27)21-8-12-2-1-7-28-12/h1-7H,8-9H2,(H,22,24)(H2,21,23,26,27). The summed E-state index contributed by atoms with van der Waals surface area (Å²) in [7, 11) is 0. The van der Waals surface area contributed by atoms with Gasteiger partial charge in [-0.15, -0.1) is 23.4 Å². The molecule has 0 spiro atoms. The Kier molecular flexibility index (Phi) is 7.36. The number of nitrogens with one attached hydrogen (secondary N) is 3. The third-order valence-corrected chi connectivity index (χ3v) is 5.30. The van der Waals surface area contributed by atoms with Crippen LogP contribution in [0.15, 0.2) is 51.4 Å². The molecule has 3 aromatic rings. The van der Waals surface area contributed by atoms with E-state index < -0.39 is 18.3 Å². The number of ether oxygens (including phenoxy) is 1. The molecule has 2 heterocycles. The molecule has 164 valence electrons. The maximum absolute atomic E-state index is 12.2. The lowest BCUT2D eigenvalue weighted by Gasteiger charge is -2.09. The lowest BCUT2D eigenvalue weighted by Crippen LogP contribution is -2.39. The molecule has 0 aliphatic heterocycles. The van der Waals surface area contributed by atoms with Gasteiger partial charge < -0.3 is 19.8 Å². The minimum atomic E-state index is -4.76. The van der Waals surface area contributed by atoms with Crippen LogP contribution in [0, 0.1) is 0 Å². The number of halogens is 3. The van der Waals surface area contributed by atoms with Gasteiger partial charge in [0.1, 0.15) is 11.5 Å². The summed E-state index contributed by atoms with van der Waals surface area (Å²) in [5.74, 6) is -0.377. The topological polar surface area (TPSA) is 118 Å². The normalized spacial score (nSPS) is 11.1. The van der Waals surface area contributed by atoms with Crippen LogP contribution in [0.4, 0.5) is 28.8 Å². The minimum Gasteiger partial charge on any atom is -0.467 e. The Morgan fingerprint density at radius 3 is 2.61 bits per heavy atom. The molecule has 31 heavy (non-hydrogen) atoms. The minimum absolute atomic E-state index is 0.0632. The van der Waals surface area contributed by atoms with Crippen molar-refractivity contribution in [1.29, 1.82) is 0 Å². The van der Waals surface area contributed by atoms with E-state index in [-0.39, 0.29) is 18.0 Å². The second kappa shape index (κ2) is 10.2. The Hall–Kier alpha value is -3.26. The van der Waals surface area contributed by atoms with Gasteiger partial charge in [0.25, 0.3) is 0 Å². The first-order valence-corrected chi connectivity index (χ1v) is 10.3. The number of hydrogen-bond acceptors (Lipinski definition) is 9. The quantitative estimate of drug-likeness (QED) is 0.422. The fourth-order valence-corrected chi connectivity index (χ4v) is 3.67. The summed E-state index contributed by atoms with van der Waals surface area (Å²) in [4.78, 5) is 23.5. The number of rotatable bonds is 8. The molecule has 0 saturated carbocycles. The number of hydrogen-bond donors (Lipinski definition) is 3. The highest BCUT2D eigenvalue weighted by atomic mass is 32.2. The maximum atomic E-state index is 12.2. The predicted molar refractivity (Wildman–Crippen MR) is 106 cm³/mol. The van der Waals surface area contributed by atoms with Crippen molar-refractivity contribution in [2.75, 3.05) is 11.1 Å². The molecule has 9 nitrogen and oxygen atoms in total. The second-order valence-electron chi connectivity index (χ2n) is 5.67. The van der Waals surface area contributed by atoms with E-state index in [2.05, 4.69) is 30.9 Å². The highest BCUT2D eigenvalue weighted by Gasteiger charge is 2.30. The van der Waals surface area contributed by atoms with Crippen LogP contribution in [0.3, 0.4) is 0 Å². The molecule has 3 amide bonds. The first-order chi connectivity index (χ1) is 14.8. The number of furan rings is 1. The van der Waals surface area contributed by atoms with Crippen molar-refractivity contribution in [1.82, 2.24) is 20.8 Å². The third kappa shape index (κ3) is 7.82. The average Bonchev–Trinajstić information content (AvgIpc) is 3.37. The Labute approximate surface area is 181 Å². The second-order valence-corrected chi connectivity index (χ2v) is 7.87. The zero-order valence-electron chi connectivity index (χ0n) is 15.4. The van der Waals surface area contributed by atoms with Gasteiger partial charge in [-0.3, -0.25) is 10.1 Å². The first-order valence-electron chi connectivity index (χ1n) is 8.46. The molecule has 0 saturated heterocycles. The molecule has 0 atom stereocenters. The number of alkyl halides is 3. The summed E-state index contributed by atoms with van der Waals surface area (Å²) >= 11 is 2.21. The van der Waals surface area contributed by atoms with Gasteiger partial charge >= 0.3 is 12.4 Å². The van der Waals surface area contributed by atoms with E-state index in [0.29, 0.717) is 20.9 Å². The molecule has 0 unspecified atom stereocenters. The smallest absolute Gasteiger partial charge is 0.467 e. The number of benzene rings is 1. The summed E-state index contributed by atoms with van der Waals surface area (Å²) < 4.78 is 45.9. The van der Waals surface area contributed by atoms with Crippen LogP contribution in [0.25, 0.3) is 0 Å². The van der Waals surface area contributed by atoms with Crippen LogP contribution in [0.2, 0.25) is 0 Å². The highest BCUT2D eigenvalue weighted by Crippen LogP contribution is 2.29. The van der Waals surface area contributed by atoms with E-state index >= 15 is 0 Å². The van der Waals surface area contributed by atoms with E-state index in [1.807, 2.05) is 0 Å². The third-order valence-electron chi connectivity index (χ3n) is 3.33. The molecule has 14 heteroatoms. The van der Waals surface area contributed by atoms with E-state index in [4.69, 9.17) is 4.42 Å². The van der Waals surface area contributed by atoms with E-state index in [9.17, 15) is 22.8 Å². The molecule has 0 aliphatic rings. The van der Waals surface area contributed by atoms with Gasteiger partial charge in [-0.2, -0.15) is 0 Å². The van der Waals surface area contributed by atoms with Gasteiger partial charge in [0.05, 0.1) is 18.6 Å². The van der Waals surface area contributed by atoms with Gasteiger partial charge in [-0.05, 0) is 36.4 Å². The average molecular weight is 473 g/mol. The SMILES string of the molecule is O=C(CSc1nnc(Nc2ccc(OC(F)(F)F)cc2)s1)NC(=O)NCc1ccco1. The molecule has 0 fully saturated rings. The maximum Gasteiger partial charge on any atom is 0.573 e. The van der Waals surface area contributed by atoms with Crippen LogP contribution >= 0.6 is 23.1 Å². The number of aromatic nitrogens is 2. The monoisotopic (exact) mass is 473 g/mol. The Morgan fingerprint density at radius 2 is 1.94 bits per heavy atom. The van der Waals surface area contributed by atoms with Gasteiger partial charge in [0, 0.05) is 5.69 Å². The van der Waals surface area contributed by atoms with Gasteiger partial charge in [-0.1, -0.05) is 23.1 Å². The van der Waals surface area contributed by atoms with Crippen molar-refractivity contribution in [3.8, 4) is 5.75 Å². The molecule has 2 aromatic heterocycles. The number of amides is 3. The number of thioether (sulfide) groups is 1. The molecule has 1 aromatic carbocycles. The van der Waals surface area contributed by atoms with Crippen LogP contribution in [0.5, 0.6) is 5.75 Å². The van der Waals surface area contributed by atoms with E-state index in [1.165, 1.54) is 18.4 Å². The Bertz CT molecular complexity index is 1010. The summed E-state index contributed by atoms with van der Waals surface area (Å²) in [5.41, 5.74) is 0.480. The summed E-state index contributed by atoms with van der Waals surface area (Å²) in [6.07, 6.45) is -3.29. The van der Waals surface area contributed by atoms with Gasteiger partial charge in [-0.25, -0.2) is 4.79 Å². The zero-order valence-corrected chi connectivity index (χ0v) is 17.1. The molecule has 0 bridgehead atoms. The number of imide groups is 1. The zero-order chi connectivity index (χ0) is 22.3. The highest BCUT2D eigenvalue weighted by molar-refractivity contribution is 8.01. The van der Waals surface area contributed by atoms with Crippen molar-refractivity contribution in [3.05, 3.63) is 48.4 Å². The lowest BCUT2D eigenvalue weighted by molar-refractivity contribution is -0.274. The van der Waals surface area contributed by atoms with Crippen molar-refractivity contribution >= 4 is 45.9 Å². The Balaban J connectivity index is 1.41. The molecular weight excluding hydrogens is 459 g/mol. The molecule has 0 radical (unpaired) electrons. The number of carbonyl (C=O) groups is 2. The summed E-state index contributed by atoms with van der Waals surface area (Å²) in [6, 6.07) is 7.82. The molecule has 3 rings (SSSR count). The molecule has 3 N–H and O–H groups in total. The van der Waals surface area contributed by atoms with Crippen molar-refractivity contribution in [3.63, 3.8) is 0 Å². The van der Waals surface area contributed by atoms with Crippen LogP contribution in [0.1, 0.15) is 5.76 Å². The first kappa shape index (κ1) is 22.4. The van der Waals surface area contributed by atoms with Crippen LogP contribution < -0.4 is 20.7 Å². The summed E-state index contributed by atoms with van der Waals surface area (Å²) in [5, 5.41) is 15.7. The fourth-order valence-electron chi connectivity index (χ4n) is 2.10. The van der Waals surface area contributed by atoms with Gasteiger partial charge in [0.15, 0.2) is 4.34 Å². The van der Waals surface area contributed by atoms with Crippen molar-refractivity contribution in [2.24, 2.45) is 0 Å². The predicted octanol–water partition coefficient (Wildman–Crippen LogP) is 3.89.